The molecule has 92 valence electrons. The molecule has 4 heteroatoms. The molecular weight excluding hydrogens is 236 g/mol. The largest absolute Gasteiger partial charge is 0.399 e. The van der Waals surface area contributed by atoms with E-state index in [1.807, 2.05) is 17.9 Å². The summed E-state index contributed by atoms with van der Waals surface area (Å²) >= 11 is 6.11. The van der Waals surface area contributed by atoms with E-state index in [4.69, 9.17) is 17.3 Å². The van der Waals surface area contributed by atoms with E-state index in [0.29, 0.717) is 17.3 Å². The van der Waals surface area contributed by atoms with Gasteiger partial charge < -0.3 is 10.6 Å². The zero-order chi connectivity index (χ0) is 12.4. The zero-order valence-corrected chi connectivity index (χ0v) is 10.7. The predicted molar refractivity (Wildman–Crippen MR) is 69.7 cm³/mol. The van der Waals surface area contributed by atoms with Crippen molar-refractivity contribution in [3.63, 3.8) is 0 Å². The lowest BCUT2D eigenvalue weighted by Crippen LogP contribution is -2.39. The monoisotopic (exact) mass is 252 g/mol. The molecule has 0 aliphatic carbocycles. The van der Waals surface area contributed by atoms with Crippen LogP contribution in [0.4, 0.5) is 5.69 Å². The number of nitrogen functional groups attached to an aromatic ring is 1. The van der Waals surface area contributed by atoms with E-state index in [-0.39, 0.29) is 11.8 Å². The van der Waals surface area contributed by atoms with E-state index in [1.54, 1.807) is 12.1 Å². The smallest absolute Gasteiger partial charge is 0.225 e. The highest BCUT2D eigenvalue weighted by Gasteiger charge is 2.25. The van der Waals surface area contributed by atoms with Crippen molar-refractivity contribution >= 4 is 23.2 Å². The first-order valence-corrected chi connectivity index (χ1v) is 6.28. The molecule has 1 heterocycles. The Bertz CT molecular complexity index is 433. The molecule has 17 heavy (non-hydrogen) atoms. The van der Waals surface area contributed by atoms with Crippen molar-refractivity contribution in [1.82, 2.24) is 4.90 Å². The summed E-state index contributed by atoms with van der Waals surface area (Å²) in [6, 6.07) is 5.39. The Balaban J connectivity index is 2.14. The van der Waals surface area contributed by atoms with Gasteiger partial charge in [0.05, 0.1) is 0 Å². The Morgan fingerprint density at radius 1 is 1.53 bits per heavy atom. The number of piperidine rings is 1. The molecular formula is C13H17ClN2O. The summed E-state index contributed by atoms with van der Waals surface area (Å²) in [7, 11) is 0. The van der Waals surface area contributed by atoms with Gasteiger partial charge in [0.2, 0.25) is 5.91 Å². The summed E-state index contributed by atoms with van der Waals surface area (Å²) in [5, 5.41) is 0.672. The molecule has 0 radical (unpaired) electrons. The molecule has 2 N–H and O–H groups in total. The lowest BCUT2D eigenvalue weighted by Gasteiger charge is -2.31. The van der Waals surface area contributed by atoms with E-state index in [2.05, 4.69) is 0 Å². The van der Waals surface area contributed by atoms with Gasteiger partial charge in [0.1, 0.15) is 0 Å². The minimum atomic E-state index is 0.128. The van der Waals surface area contributed by atoms with Crippen LogP contribution in [0.1, 0.15) is 25.3 Å². The minimum absolute atomic E-state index is 0.128. The molecule has 1 saturated heterocycles. The summed E-state index contributed by atoms with van der Waals surface area (Å²) in [6.45, 7) is 3.36. The maximum atomic E-state index is 12.0. The second-order valence-electron chi connectivity index (χ2n) is 4.65. The van der Waals surface area contributed by atoms with Crippen molar-refractivity contribution in [2.75, 3.05) is 12.3 Å². The van der Waals surface area contributed by atoms with Gasteiger partial charge in [0.15, 0.2) is 0 Å². The van der Waals surface area contributed by atoms with Gasteiger partial charge in [0, 0.05) is 29.7 Å². The van der Waals surface area contributed by atoms with Crippen molar-refractivity contribution in [3.8, 4) is 0 Å². The maximum absolute atomic E-state index is 12.0. The van der Waals surface area contributed by atoms with Crippen LogP contribution in [0.15, 0.2) is 18.2 Å². The summed E-state index contributed by atoms with van der Waals surface area (Å²) in [6.07, 6.45) is 2.05. The van der Waals surface area contributed by atoms with Crippen LogP contribution in [0.2, 0.25) is 5.02 Å². The number of anilines is 1. The Hall–Kier alpha value is -1.22. The van der Waals surface area contributed by atoms with Crippen molar-refractivity contribution in [1.29, 1.82) is 0 Å². The number of amides is 1. The van der Waals surface area contributed by atoms with Gasteiger partial charge in [0.25, 0.3) is 0 Å². The molecule has 3 nitrogen and oxygen atoms in total. The highest BCUT2D eigenvalue weighted by Crippen LogP contribution is 2.24. The Kier molecular flexibility index (Phi) is 3.57. The predicted octanol–water partition coefficient (Wildman–Crippen LogP) is 2.68. The number of carbonyl (C=O) groups excluding carboxylic acids is 1. The molecule has 2 rings (SSSR count). The molecule has 1 fully saturated rings. The average molecular weight is 253 g/mol. The highest BCUT2D eigenvalue weighted by molar-refractivity contribution is 6.31. The summed E-state index contributed by atoms with van der Waals surface area (Å²) in [5.41, 5.74) is 7.34. The number of carbonyl (C=O) groups is 1. The van der Waals surface area contributed by atoms with E-state index in [0.717, 1.165) is 24.9 Å². The fraction of sp³-hybridized carbons (Fsp3) is 0.462. The number of hydrogen-bond donors (Lipinski definition) is 1. The van der Waals surface area contributed by atoms with Crippen LogP contribution in [0.25, 0.3) is 0 Å². The van der Waals surface area contributed by atoms with E-state index in [9.17, 15) is 4.79 Å². The molecule has 0 saturated carbocycles. The maximum Gasteiger partial charge on any atom is 0.225 e. The molecule has 1 amide bonds. The Morgan fingerprint density at radius 3 is 3.06 bits per heavy atom. The normalized spacial score (nSPS) is 20.7. The molecule has 1 aromatic carbocycles. The second kappa shape index (κ2) is 4.96. The fourth-order valence-corrected chi connectivity index (χ4v) is 2.39. The number of rotatable bonds is 2. The number of halogens is 1. The highest BCUT2D eigenvalue weighted by atomic mass is 35.5. The quantitative estimate of drug-likeness (QED) is 0.823. The van der Waals surface area contributed by atoms with E-state index in [1.165, 1.54) is 0 Å². The lowest BCUT2D eigenvalue weighted by molar-refractivity contribution is -0.138. The fourth-order valence-electron chi connectivity index (χ4n) is 2.21. The third kappa shape index (κ3) is 2.72. The molecule has 0 aromatic heterocycles. The average Bonchev–Trinajstić information content (AvgIpc) is 2.30. The summed E-state index contributed by atoms with van der Waals surface area (Å²) in [5.74, 6) is 0.346. The van der Waals surface area contributed by atoms with Gasteiger partial charge >= 0.3 is 0 Å². The molecule has 1 aliphatic heterocycles. The van der Waals surface area contributed by atoms with E-state index >= 15 is 0 Å². The topological polar surface area (TPSA) is 46.3 Å². The summed E-state index contributed by atoms with van der Waals surface area (Å²) in [4.78, 5) is 13.8. The number of nitrogens with zero attached hydrogens (tertiary/aromatic N) is 1. The van der Waals surface area contributed by atoms with Crippen molar-refractivity contribution in [2.45, 2.75) is 26.3 Å². The van der Waals surface area contributed by atoms with Crippen LogP contribution in [0.5, 0.6) is 0 Å². The van der Waals surface area contributed by atoms with Gasteiger partial charge in [-0.05, 0) is 36.6 Å². The zero-order valence-electron chi connectivity index (χ0n) is 9.95. The van der Waals surface area contributed by atoms with Crippen molar-refractivity contribution < 1.29 is 4.79 Å². The molecule has 1 atom stereocenters. The van der Waals surface area contributed by atoms with E-state index < -0.39 is 0 Å². The van der Waals surface area contributed by atoms with Gasteiger partial charge in [-0.2, -0.15) is 0 Å². The van der Waals surface area contributed by atoms with Crippen molar-refractivity contribution in [3.05, 3.63) is 28.8 Å². The standard InChI is InChI=1S/C13H17ClN2O/c1-9-3-2-6-16(13(9)17)8-10-7-11(15)4-5-12(10)14/h4-5,7,9H,2-3,6,8,15H2,1H3. The number of benzene rings is 1. The van der Waals surface area contributed by atoms with Crippen LogP contribution < -0.4 is 5.73 Å². The molecule has 0 bridgehead atoms. The van der Waals surface area contributed by atoms with Crippen LogP contribution in [-0.2, 0) is 11.3 Å². The van der Waals surface area contributed by atoms with Crippen LogP contribution in [0, 0.1) is 5.92 Å². The lowest BCUT2D eigenvalue weighted by atomic mass is 9.98. The van der Waals surface area contributed by atoms with Crippen LogP contribution in [-0.4, -0.2) is 17.4 Å². The molecule has 1 aromatic rings. The SMILES string of the molecule is CC1CCCN(Cc2cc(N)ccc2Cl)C1=O. The Labute approximate surface area is 107 Å². The first-order chi connectivity index (χ1) is 8.08. The van der Waals surface area contributed by atoms with Gasteiger partial charge in [-0.3, -0.25) is 4.79 Å². The van der Waals surface area contributed by atoms with Crippen LogP contribution >= 0.6 is 11.6 Å². The minimum Gasteiger partial charge on any atom is -0.399 e. The molecule has 1 aliphatic rings. The van der Waals surface area contributed by atoms with Crippen LogP contribution in [0.3, 0.4) is 0 Å². The van der Waals surface area contributed by atoms with Crippen molar-refractivity contribution in [2.24, 2.45) is 5.92 Å². The summed E-state index contributed by atoms with van der Waals surface area (Å²) < 4.78 is 0. The first-order valence-electron chi connectivity index (χ1n) is 5.90. The number of nitrogens with two attached hydrogens (primary N) is 1. The Morgan fingerprint density at radius 2 is 2.29 bits per heavy atom. The number of hydrogen-bond acceptors (Lipinski definition) is 2. The van der Waals surface area contributed by atoms with Gasteiger partial charge in [-0.15, -0.1) is 0 Å². The second-order valence-corrected chi connectivity index (χ2v) is 5.06. The molecule has 1 unspecified atom stereocenters. The number of likely N-dealkylation sites (tertiary alicyclic amines) is 1. The molecule has 0 spiro atoms. The third-order valence-electron chi connectivity index (χ3n) is 3.23. The van der Waals surface area contributed by atoms with Gasteiger partial charge in [-0.25, -0.2) is 0 Å². The van der Waals surface area contributed by atoms with Gasteiger partial charge in [-0.1, -0.05) is 18.5 Å². The first kappa shape index (κ1) is 12.2. The third-order valence-corrected chi connectivity index (χ3v) is 3.60.